The fourth-order valence-electron chi connectivity index (χ4n) is 2.65. The van der Waals surface area contributed by atoms with Crippen LogP contribution in [0.1, 0.15) is 32.3 Å². The van der Waals surface area contributed by atoms with E-state index in [1.165, 1.54) is 12.8 Å². The molecule has 0 bridgehead atoms. The van der Waals surface area contributed by atoms with Crippen molar-refractivity contribution in [1.82, 2.24) is 0 Å². The van der Waals surface area contributed by atoms with Crippen LogP contribution in [0.5, 0.6) is 0 Å². The molecule has 2 aliphatic rings. The third kappa shape index (κ3) is 1.48. The molecule has 1 aliphatic carbocycles. The van der Waals surface area contributed by atoms with Crippen molar-refractivity contribution in [1.29, 1.82) is 0 Å². The Labute approximate surface area is 107 Å². The highest BCUT2D eigenvalue weighted by molar-refractivity contribution is 6.08. The molecule has 3 rings (SSSR count). The summed E-state index contributed by atoms with van der Waals surface area (Å²) in [7, 11) is 0. The van der Waals surface area contributed by atoms with Gasteiger partial charge in [0.15, 0.2) is 0 Å². The zero-order valence-electron chi connectivity index (χ0n) is 10.9. The molecule has 0 spiro atoms. The van der Waals surface area contributed by atoms with Crippen molar-refractivity contribution >= 4 is 23.0 Å². The molecule has 18 heavy (non-hydrogen) atoms. The van der Waals surface area contributed by atoms with Crippen molar-refractivity contribution in [3.8, 4) is 0 Å². The fourth-order valence-corrected chi connectivity index (χ4v) is 2.65. The van der Waals surface area contributed by atoms with E-state index in [9.17, 15) is 4.79 Å². The molecule has 0 unspecified atom stereocenters. The number of benzene rings is 1. The SMILES string of the molecule is CC1(C)C(=O)N(CC2CC2)c2cc(N)c(N)cc21. The van der Waals surface area contributed by atoms with Crippen LogP contribution in [0.2, 0.25) is 0 Å². The minimum absolute atomic E-state index is 0.161. The molecule has 0 saturated heterocycles. The number of carbonyl (C=O) groups is 1. The lowest BCUT2D eigenvalue weighted by Gasteiger charge is -2.20. The summed E-state index contributed by atoms with van der Waals surface area (Å²) in [5.41, 5.74) is 14.3. The van der Waals surface area contributed by atoms with Gasteiger partial charge in [0.25, 0.3) is 0 Å². The first-order valence-electron chi connectivity index (χ1n) is 6.42. The van der Waals surface area contributed by atoms with Crippen molar-refractivity contribution in [2.45, 2.75) is 32.1 Å². The van der Waals surface area contributed by atoms with Gasteiger partial charge in [-0.3, -0.25) is 4.79 Å². The van der Waals surface area contributed by atoms with E-state index in [1.807, 2.05) is 30.9 Å². The topological polar surface area (TPSA) is 72.3 Å². The molecular weight excluding hydrogens is 226 g/mol. The molecule has 0 atom stereocenters. The number of nitrogen functional groups attached to an aromatic ring is 2. The number of hydrogen-bond acceptors (Lipinski definition) is 3. The van der Waals surface area contributed by atoms with Crippen LogP contribution in [0.4, 0.5) is 17.1 Å². The van der Waals surface area contributed by atoms with Crippen molar-refractivity contribution in [3.63, 3.8) is 0 Å². The van der Waals surface area contributed by atoms with Gasteiger partial charge in [-0.2, -0.15) is 0 Å². The van der Waals surface area contributed by atoms with Gasteiger partial charge in [0.05, 0.1) is 22.5 Å². The number of amides is 1. The number of nitrogens with two attached hydrogens (primary N) is 2. The number of hydrogen-bond donors (Lipinski definition) is 2. The molecule has 96 valence electrons. The predicted molar refractivity (Wildman–Crippen MR) is 73.4 cm³/mol. The Morgan fingerprint density at radius 2 is 1.89 bits per heavy atom. The summed E-state index contributed by atoms with van der Waals surface area (Å²) in [6.45, 7) is 4.73. The average molecular weight is 245 g/mol. The molecule has 4 heteroatoms. The van der Waals surface area contributed by atoms with Crippen LogP contribution < -0.4 is 16.4 Å². The number of rotatable bonds is 2. The average Bonchev–Trinajstić information content (AvgIpc) is 3.09. The quantitative estimate of drug-likeness (QED) is 0.781. The van der Waals surface area contributed by atoms with E-state index in [0.717, 1.165) is 17.8 Å². The summed E-state index contributed by atoms with van der Waals surface area (Å²) >= 11 is 0. The molecule has 1 aromatic carbocycles. The van der Waals surface area contributed by atoms with E-state index >= 15 is 0 Å². The van der Waals surface area contributed by atoms with Gasteiger partial charge in [0, 0.05) is 6.54 Å². The Hall–Kier alpha value is -1.71. The lowest BCUT2D eigenvalue weighted by molar-refractivity contribution is -0.122. The normalized spacial score (nSPS) is 21.2. The summed E-state index contributed by atoms with van der Waals surface area (Å²) < 4.78 is 0. The van der Waals surface area contributed by atoms with Gasteiger partial charge >= 0.3 is 0 Å². The standard InChI is InChI=1S/C14H19N3O/c1-14(2)9-5-10(15)11(16)6-12(9)17(13(14)18)7-8-3-4-8/h5-6,8H,3-4,7,15-16H2,1-2H3. The maximum absolute atomic E-state index is 12.5. The van der Waals surface area contributed by atoms with E-state index in [4.69, 9.17) is 11.5 Å². The minimum Gasteiger partial charge on any atom is -0.397 e. The van der Waals surface area contributed by atoms with Crippen molar-refractivity contribution in [3.05, 3.63) is 17.7 Å². The van der Waals surface area contributed by atoms with Crippen LogP contribution in [0.15, 0.2) is 12.1 Å². The second-order valence-corrected chi connectivity index (χ2v) is 5.98. The maximum Gasteiger partial charge on any atom is 0.237 e. The molecule has 1 saturated carbocycles. The van der Waals surface area contributed by atoms with Gasteiger partial charge in [-0.15, -0.1) is 0 Å². The third-order valence-electron chi connectivity index (χ3n) is 4.08. The molecule has 4 nitrogen and oxygen atoms in total. The van der Waals surface area contributed by atoms with Gasteiger partial charge in [-0.05, 0) is 50.3 Å². The molecule has 1 fully saturated rings. The van der Waals surface area contributed by atoms with Crippen LogP contribution in [0, 0.1) is 5.92 Å². The minimum atomic E-state index is -0.494. The zero-order chi connectivity index (χ0) is 13.1. The summed E-state index contributed by atoms with van der Waals surface area (Å²) in [5.74, 6) is 0.823. The highest BCUT2D eigenvalue weighted by atomic mass is 16.2. The lowest BCUT2D eigenvalue weighted by atomic mass is 9.86. The maximum atomic E-state index is 12.5. The van der Waals surface area contributed by atoms with Crippen LogP contribution >= 0.6 is 0 Å². The Balaban J connectivity index is 2.10. The van der Waals surface area contributed by atoms with E-state index in [-0.39, 0.29) is 5.91 Å². The number of fused-ring (bicyclic) bond motifs is 1. The summed E-state index contributed by atoms with van der Waals surface area (Å²) in [6.07, 6.45) is 2.45. The molecule has 1 amide bonds. The molecule has 0 radical (unpaired) electrons. The zero-order valence-corrected chi connectivity index (χ0v) is 10.9. The first-order valence-corrected chi connectivity index (χ1v) is 6.42. The van der Waals surface area contributed by atoms with Crippen LogP contribution in [0.25, 0.3) is 0 Å². The van der Waals surface area contributed by atoms with E-state index in [0.29, 0.717) is 17.3 Å². The van der Waals surface area contributed by atoms with Gasteiger partial charge in [-0.1, -0.05) is 0 Å². The second kappa shape index (κ2) is 3.40. The third-order valence-corrected chi connectivity index (χ3v) is 4.08. The Morgan fingerprint density at radius 1 is 1.28 bits per heavy atom. The summed E-state index contributed by atoms with van der Waals surface area (Å²) in [5, 5.41) is 0. The summed E-state index contributed by atoms with van der Waals surface area (Å²) in [4.78, 5) is 14.4. The highest BCUT2D eigenvalue weighted by Crippen LogP contribution is 2.45. The lowest BCUT2D eigenvalue weighted by Crippen LogP contribution is -2.37. The number of nitrogens with zero attached hydrogens (tertiary/aromatic N) is 1. The molecule has 0 aromatic heterocycles. The second-order valence-electron chi connectivity index (χ2n) is 5.98. The van der Waals surface area contributed by atoms with E-state index < -0.39 is 5.41 Å². The van der Waals surface area contributed by atoms with Gasteiger partial charge in [0.2, 0.25) is 5.91 Å². The van der Waals surface area contributed by atoms with Crippen molar-refractivity contribution in [2.75, 3.05) is 22.9 Å². The van der Waals surface area contributed by atoms with E-state index in [1.54, 1.807) is 0 Å². The first kappa shape index (κ1) is 11.4. The molecular formula is C14H19N3O. The molecule has 1 aromatic rings. The highest BCUT2D eigenvalue weighted by Gasteiger charge is 2.45. The molecule has 4 N–H and O–H groups in total. The first-order chi connectivity index (χ1) is 8.41. The van der Waals surface area contributed by atoms with Gasteiger partial charge in [0.1, 0.15) is 0 Å². The number of carbonyl (C=O) groups excluding carboxylic acids is 1. The van der Waals surface area contributed by atoms with Gasteiger partial charge in [-0.25, -0.2) is 0 Å². The summed E-state index contributed by atoms with van der Waals surface area (Å²) in [6, 6.07) is 3.70. The van der Waals surface area contributed by atoms with Crippen molar-refractivity contribution < 1.29 is 4.79 Å². The smallest absolute Gasteiger partial charge is 0.237 e. The Bertz CT molecular complexity index is 532. The molecule has 1 aliphatic heterocycles. The number of anilines is 3. The van der Waals surface area contributed by atoms with Crippen molar-refractivity contribution in [2.24, 2.45) is 5.92 Å². The predicted octanol–water partition coefficient (Wildman–Crippen LogP) is 1.89. The van der Waals surface area contributed by atoms with E-state index in [2.05, 4.69) is 0 Å². The Kier molecular flexibility index (Phi) is 2.15. The van der Waals surface area contributed by atoms with Gasteiger partial charge < -0.3 is 16.4 Å². The monoisotopic (exact) mass is 245 g/mol. The fraction of sp³-hybridized carbons (Fsp3) is 0.500. The van der Waals surface area contributed by atoms with Crippen LogP contribution in [-0.4, -0.2) is 12.5 Å². The largest absolute Gasteiger partial charge is 0.397 e. The Morgan fingerprint density at radius 3 is 2.50 bits per heavy atom. The van der Waals surface area contributed by atoms with Crippen LogP contribution in [-0.2, 0) is 10.2 Å². The molecule has 1 heterocycles. The van der Waals surface area contributed by atoms with Crippen LogP contribution in [0.3, 0.4) is 0 Å².